The number of hydrogen-bond acceptors (Lipinski definition) is 9. The number of rotatable bonds is 16. The van der Waals surface area contributed by atoms with E-state index in [1.54, 1.807) is 6.92 Å². The number of unbranched alkanes of at least 4 members (excludes halogenated alkanes) is 5. The molecule has 0 aromatic heterocycles. The lowest BCUT2D eigenvalue weighted by molar-refractivity contribution is 0.0848. The predicted octanol–water partition coefficient (Wildman–Crippen LogP) is 0.313. The van der Waals surface area contributed by atoms with E-state index in [2.05, 4.69) is 6.92 Å². The van der Waals surface area contributed by atoms with Gasteiger partial charge in [0.2, 0.25) is 0 Å². The van der Waals surface area contributed by atoms with Crippen LogP contribution in [-0.2, 0) is 0 Å². The Hall–Kier alpha value is -0.360. The molecule has 9 N–H and O–H groups in total. The average Bonchev–Trinajstić information content (AvgIpc) is 2.76. The molecule has 0 aliphatic heterocycles. The smallest absolute Gasteiger partial charge is 0.0771 e. The van der Waals surface area contributed by atoms with Gasteiger partial charge in [-0.15, -0.1) is 0 Å². The first-order valence-electron chi connectivity index (χ1n) is 11.5. The average molecular weight is 461 g/mol. The fourth-order valence-electron chi connectivity index (χ4n) is 1.88. The van der Waals surface area contributed by atoms with E-state index in [4.69, 9.17) is 46.0 Å². The summed E-state index contributed by atoms with van der Waals surface area (Å²) in [6, 6.07) is 0. The Labute approximate surface area is 189 Å². The van der Waals surface area contributed by atoms with Crippen LogP contribution in [0.5, 0.6) is 0 Å². The van der Waals surface area contributed by atoms with E-state index < -0.39 is 12.2 Å². The summed E-state index contributed by atoms with van der Waals surface area (Å²) in [4.78, 5) is 0. The fourth-order valence-corrected chi connectivity index (χ4v) is 1.88. The van der Waals surface area contributed by atoms with Gasteiger partial charge < -0.3 is 46.0 Å². The van der Waals surface area contributed by atoms with Crippen LogP contribution in [0.3, 0.4) is 0 Å². The van der Waals surface area contributed by atoms with E-state index in [0.29, 0.717) is 19.3 Å². The molecule has 9 heteroatoms. The lowest BCUT2D eigenvalue weighted by atomic mass is 10.2. The molecule has 0 radical (unpaired) electrons. The Kier molecular flexibility index (Phi) is 45.2. The van der Waals surface area contributed by atoms with Crippen LogP contribution in [0.2, 0.25) is 0 Å². The SMILES string of the molecule is CC(O)CCO.CCCCC(O)CO.OCCCCC(O)CO.OCCCCCCO. The first-order valence-corrected chi connectivity index (χ1v) is 11.5. The molecular formula is C22H52O9. The molecule has 0 rings (SSSR count). The maximum Gasteiger partial charge on any atom is 0.0771 e. The molecular weight excluding hydrogens is 408 g/mol. The molecule has 0 saturated heterocycles. The maximum absolute atomic E-state index is 8.75. The van der Waals surface area contributed by atoms with Crippen molar-refractivity contribution in [3.8, 4) is 0 Å². The topological polar surface area (TPSA) is 182 Å². The molecule has 194 valence electrons. The molecule has 31 heavy (non-hydrogen) atoms. The first-order chi connectivity index (χ1) is 14.8. The molecule has 0 aromatic carbocycles. The summed E-state index contributed by atoms with van der Waals surface area (Å²) in [5.74, 6) is 0. The van der Waals surface area contributed by atoms with Gasteiger partial charge in [-0.25, -0.2) is 0 Å². The van der Waals surface area contributed by atoms with Gasteiger partial charge in [0.15, 0.2) is 0 Å². The largest absolute Gasteiger partial charge is 0.396 e. The third-order valence-corrected chi connectivity index (χ3v) is 3.87. The summed E-state index contributed by atoms with van der Waals surface area (Å²) in [6.07, 6.45) is 7.74. The second-order valence-corrected chi connectivity index (χ2v) is 7.26. The zero-order chi connectivity index (χ0) is 24.8. The third kappa shape index (κ3) is 53.2. The monoisotopic (exact) mass is 460 g/mol. The lowest BCUT2D eigenvalue weighted by Crippen LogP contribution is -2.11. The number of hydrogen-bond donors (Lipinski definition) is 9. The molecule has 0 bridgehead atoms. The highest BCUT2D eigenvalue weighted by molar-refractivity contribution is 4.51. The standard InChI is InChI=1S/C6H14O3.2C6H14O2.C4H10O2/c7-4-2-1-3-6(9)5-8;1-2-3-4-6(8)5-7;7-5-3-1-2-4-6-8;1-4(6)2-3-5/h6-9H,1-5H2;6-8H,2-5H2,1H3;7-8H,1-6H2;4-6H,2-3H2,1H3. The second kappa shape index (κ2) is 37.0. The van der Waals surface area contributed by atoms with Crippen LogP contribution >= 0.6 is 0 Å². The minimum Gasteiger partial charge on any atom is -0.396 e. The summed E-state index contributed by atoms with van der Waals surface area (Å²) in [6.45, 7) is 4.25. The molecule has 0 fully saturated rings. The molecule has 0 amide bonds. The highest BCUT2D eigenvalue weighted by Gasteiger charge is 1.99. The van der Waals surface area contributed by atoms with Crippen molar-refractivity contribution in [3.05, 3.63) is 0 Å². The van der Waals surface area contributed by atoms with Crippen molar-refractivity contribution < 1.29 is 46.0 Å². The van der Waals surface area contributed by atoms with Crippen molar-refractivity contribution in [1.82, 2.24) is 0 Å². The second-order valence-electron chi connectivity index (χ2n) is 7.26. The summed E-state index contributed by atoms with van der Waals surface area (Å²) < 4.78 is 0. The van der Waals surface area contributed by atoms with Gasteiger partial charge in [-0.05, 0) is 51.9 Å². The first kappa shape index (κ1) is 37.9. The van der Waals surface area contributed by atoms with Crippen LogP contribution in [0, 0.1) is 0 Å². The van der Waals surface area contributed by atoms with Crippen molar-refractivity contribution in [3.63, 3.8) is 0 Å². The Morgan fingerprint density at radius 1 is 0.484 bits per heavy atom. The van der Waals surface area contributed by atoms with E-state index in [9.17, 15) is 0 Å². The van der Waals surface area contributed by atoms with Gasteiger partial charge >= 0.3 is 0 Å². The minimum atomic E-state index is -0.600. The molecule has 0 spiro atoms. The molecule has 9 nitrogen and oxygen atoms in total. The van der Waals surface area contributed by atoms with E-state index in [-0.39, 0.29) is 45.7 Å². The van der Waals surface area contributed by atoms with Crippen molar-refractivity contribution in [2.24, 2.45) is 0 Å². The van der Waals surface area contributed by atoms with Crippen molar-refractivity contribution in [2.45, 2.75) is 103 Å². The zero-order valence-corrected chi connectivity index (χ0v) is 19.8. The van der Waals surface area contributed by atoms with Crippen LogP contribution in [0.1, 0.15) is 84.5 Å². The highest BCUT2D eigenvalue weighted by atomic mass is 16.3. The molecule has 0 heterocycles. The van der Waals surface area contributed by atoms with Crippen LogP contribution in [-0.4, -0.2) is 104 Å². The van der Waals surface area contributed by atoms with Gasteiger partial charge in [0.05, 0.1) is 31.5 Å². The predicted molar refractivity (Wildman–Crippen MR) is 123 cm³/mol. The Morgan fingerprint density at radius 3 is 1.13 bits per heavy atom. The summed E-state index contributed by atoms with van der Waals surface area (Å²) in [5, 5.41) is 75.5. The van der Waals surface area contributed by atoms with Gasteiger partial charge in [-0.3, -0.25) is 0 Å². The van der Waals surface area contributed by atoms with Gasteiger partial charge in [0, 0.05) is 26.4 Å². The van der Waals surface area contributed by atoms with E-state index in [1.165, 1.54) is 0 Å². The van der Waals surface area contributed by atoms with E-state index in [1.807, 2.05) is 0 Å². The highest BCUT2D eigenvalue weighted by Crippen LogP contribution is 1.99. The van der Waals surface area contributed by atoms with Crippen molar-refractivity contribution in [1.29, 1.82) is 0 Å². The molecule has 0 aliphatic rings. The summed E-state index contributed by atoms with van der Waals surface area (Å²) >= 11 is 0. The molecule has 3 unspecified atom stereocenters. The van der Waals surface area contributed by atoms with Crippen LogP contribution in [0.4, 0.5) is 0 Å². The van der Waals surface area contributed by atoms with Crippen LogP contribution < -0.4 is 0 Å². The van der Waals surface area contributed by atoms with Gasteiger partial charge in [-0.1, -0.05) is 32.6 Å². The summed E-state index contributed by atoms with van der Waals surface area (Å²) in [7, 11) is 0. The van der Waals surface area contributed by atoms with Gasteiger partial charge in [0.25, 0.3) is 0 Å². The lowest BCUT2D eigenvalue weighted by Gasteiger charge is -2.03. The van der Waals surface area contributed by atoms with Crippen molar-refractivity contribution in [2.75, 3.05) is 39.6 Å². The molecule has 0 saturated carbocycles. The van der Waals surface area contributed by atoms with E-state index in [0.717, 1.165) is 51.4 Å². The van der Waals surface area contributed by atoms with Crippen LogP contribution in [0.25, 0.3) is 0 Å². The Balaban J connectivity index is -0.000000158. The normalized spacial score (nSPS) is 12.9. The van der Waals surface area contributed by atoms with Gasteiger partial charge in [0.1, 0.15) is 0 Å². The van der Waals surface area contributed by atoms with Crippen LogP contribution in [0.15, 0.2) is 0 Å². The van der Waals surface area contributed by atoms with Gasteiger partial charge in [-0.2, -0.15) is 0 Å². The Bertz CT molecular complexity index is 263. The quantitative estimate of drug-likeness (QED) is 0.146. The third-order valence-electron chi connectivity index (χ3n) is 3.87. The minimum absolute atomic E-state index is 0.0810. The molecule has 3 atom stereocenters. The summed E-state index contributed by atoms with van der Waals surface area (Å²) in [5.41, 5.74) is 0. The van der Waals surface area contributed by atoms with Crippen molar-refractivity contribution >= 4 is 0 Å². The maximum atomic E-state index is 8.75. The van der Waals surface area contributed by atoms with E-state index >= 15 is 0 Å². The Morgan fingerprint density at radius 2 is 0.871 bits per heavy atom. The molecule has 0 aliphatic carbocycles. The fraction of sp³-hybridized carbons (Fsp3) is 1.00. The number of aliphatic hydroxyl groups is 9. The zero-order valence-electron chi connectivity index (χ0n) is 19.8. The molecule has 0 aromatic rings. The number of aliphatic hydroxyl groups excluding tert-OH is 9.